The maximum atomic E-state index is 12.7. The molecule has 2 N–H and O–H groups in total. The van der Waals surface area contributed by atoms with Crippen molar-refractivity contribution >= 4 is 12.4 Å². The molecule has 1 fully saturated rings. The van der Waals surface area contributed by atoms with Crippen LogP contribution in [0.3, 0.4) is 0 Å². The Bertz CT molecular complexity index is 315. The van der Waals surface area contributed by atoms with Gasteiger partial charge in [-0.3, -0.25) is 4.90 Å². The van der Waals surface area contributed by atoms with E-state index in [1.807, 2.05) is 12.1 Å². The van der Waals surface area contributed by atoms with Crippen molar-refractivity contribution in [1.82, 2.24) is 4.90 Å². The van der Waals surface area contributed by atoms with Crippen LogP contribution < -0.4 is 5.73 Å². The Morgan fingerprint density at radius 1 is 1.31 bits per heavy atom. The molecule has 0 aliphatic carbocycles. The van der Waals surface area contributed by atoms with Gasteiger partial charge in [0, 0.05) is 19.1 Å². The third kappa shape index (κ3) is 3.74. The fourth-order valence-electron chi connectivity index (χ4n) is 2.08. The van der Waals surface area contributed by atoms with Gasteiger partial charge in [-0.25, -0.2) is 4.39 Å². The number of halogens is 2. The molecule has 0 radical (unpaired) electrons. The molecule has 1 aliphatic rings. The molecule has 1 aromatic carbocycles. The van der Waals surface area contributed by atoms with Crippen molar-refractivity contribution in [2.45, 2.75) is 25.4 Å². The van der Waals surface area contributed by atoms with Crippen molar-refractivity contribution in [2.75, 3.05) is 13.1 Å². The second-order valence-corrected chi connectivity index (χ2v) is 4.26. The predicted octanol–water partition coefficient (Wildman–Crippen LogP) is 2.17. The number of rotatable bonds is 2. The molecule has 1 aliphatic heterocycles. The smallest absolute Gasteiger partial charge is 0.123 e. The number of likely N-dealkylation sites (tertiary alicyclic amines) is 1. The minimum Gasteiger partial charge on any atom is -0.327 e. The van der Waals surface area contributed by atoms with E-state index in [0.29, 0.717) is 6.04 Å². The molecule has 2 rings (SSSR count). The van der Waals surface area contributed by atoms with Crippen LogP contribution in [0.15, 0.2) is 24.3 Å². The van der Waals surface area contributed by atoms with Crippen LogP contribution in [-0.2, 0) is 6.54 Å². The van der Waals surface area contributed by atoms with E-state index in [1.165, 1.54) is 18.6 Å². The van der Waals surface area contributed by atoms with E-state index in [4.69, 9.17) is 5.73 Å². The van der Waals surface area contributed by atoms with Gasteiger partial charge in [0.1, 0.15) is 5.82 Å². The van der Waals surface area contributed by atoms with Gasteiger partial charge in [-0.05, 0) is 37.1 Å². The van der Waals surface area contributed by atoms with Crippen molar-refractivity contribution in [3.8, 4) is 0 Å². The fourth-order valence-corrected chi connectivity index (χ4v) is 2.08. The molecule has 1 saturated heterocycles. The molecule has 1 heterocycles. The van der Waals surface area contributed by atoms with Crippen LogP contribution in [0, 0.1) is 5.82 Å². The highest BCUT2D eigenvalue weighted by Gasteiger charge is 2.16. The molecule has 0 aromatic heterocycles. The lowest BCUT2D eigenvalue weighted by molar-refractivity contribution is 0.201. The molecule has 0 amide bonds. The van der Waals surface area contributed by atoms with Crippen LogP contribution in [0.4, 0.5) is 4.39 Å². The number of hydrogen-bond acceptors (Lipinski definition) is 2. The number of piperidine rings is 1. The Labute approximate surface area is 102 Å². The van der Waals surface area contributed by atoms with Gasteiger partial charge in [0.25, 0.3) is 0 Å². The molecule has 1 aromatic rings. The zero-order chi connectivity index (χ0) is 10.7. The number of hydrogen-bond donors (Lipinski definition) is 1. The minimum atomic E-state index is -0.172. The average molecular weight is 245 g/mol. The molecule has 0 spiro atoms. The largest absolute Gasteiger partial charge is 0.327 e. The molecule has 0 saturated carbocycles. The van der Waals surface area contributed by atoms with E-state index >= 15 is 0 Å². The zero-order valence-electron chi connectivity index (χ0n) is 9.23. The van der Waals surface area contributed by atoms with Crippen LogP contribution in [0.2, 0.25) is 0 Å². The van der Waals surface area contributed by atoms with Gasteiger partial charge in [0.2, 0.25) is 0 Å². The molecular formula is C12H18ClFN2. The minimum absolute atomic E-state index is 0. The van der Waals surface area contributed by atoms with E-state index in [9.17, 15) is 4.39 Å². The van der Waals surface area contributed by atoms with Crippen LogP contribution in [0.25, 0.3) is 0 Å². The summed E-state index contributed by atoms with van der Waals surface area (Å²) in [5, 5.41) is 0. The van der Waals surface area contributed by atoms with Gasteiger partial charge in [-0.15, -0.1) is 12.4 Å². The molecule has 1 unspecified atom stereocenters. The number of nitrogens with two attached hydrogens (primary N) is 1. The van der Waals surface area contributed by atoms with E-state index in [-0.39, 0.29) is 18.2 Å². The first-order valence-corrected chi connectivity index (χ1v) is 5.46. The van der Waals surface area contributed by atoms with Gasteiger partial charge in [-0.1, -0.05) is 12.1 Å². The standard InChI is InChI=1S/C12H17FN2.ClH/c13-11-5-3-10(4-6-11)8-15-7-1-2-12(14)9-15;/h3-6,12H,1-2,7-9,14H2;1H. The Balaban J connectivity index is 0.00000128. The van der Waals surface area contributed by atoms with Crippen molar-refractivity contribution in [3.05, 3.63) is 35.6 Å². The summed E-state index contributed by atoms with van der Waals surface area (Å²) in [6, 6.07) is 7.02. The first kappa shape index (κ1) is 13.4. The SMILES string of the molecule is Cl.NC1CCCN(Cc2ccc(F)cc2)C1. The first-order chi connectivity index (χ1) is 7.24. The van der Waals surface area contributed by atoms with Gasteiger partial charge in [0.05, 0.1) is 0 Å². The lowest BCUT2D eigenvalue weighted by Crippen LogP contribution is -2.42. The molecule has 1 atom stereocenters. The van der Waals surface area contributed by atoms with Crippen LogP contribution in [0.5, 0.6) is 0 Å². The maximum Gasteiger partial charge on any atom is 0.123 e. The van der Waals surface area contributed by atoms with Gasteiger partial charge >= 0.3 is 0 Å². The summed E-state index contributed by atoms with van der Waals surface area (Å²) < 4.78 is 12.7. The van der Waals surface area contributed by atoms with E-state index < -0.39 is 0 Å². The molecule has 0 bridgehead atoms. The second-order valence-electron chi connectivity index (χ2n) is 4.26. The van der Waals surface area contributed by atoms with Crippen molar-refractivity contribution in [3.63, 3.8) is 0 Å². The highest BCUT2D eigenvalue weighted by atomic mass is 35.5. The topological polar surface area (TPSA) is 29.3 Å². The second kappa shape index (κ2) is 6.18. The van der Waals surface area contributed by atoms with E-state index in [1.54, 1.807) is 0 Å². The lowest BCUT2D eigenvalue weighted by Gasteiger charge is -2.30. The summed E-state index contributed by atoms with van der Waals surface area (Å²) in [5.74, 6) is -0.172. The van der Waals surface area contributed by atoms with Crippen LogP contribution >= 0.6 is 12.4 Å². The van der Waals surface area contributed by atoms with Gasteiger partial charge < -0.3 is 5.73 Å². The average Bonchev–Trinajstić information content (AvgIpc) is 2.22. The summed E-state index contributed by atoms with van der Waals surface area (Å²) in [7, 11) is 0. The van der Waals surface area contributed by atoms with Crippen molar-refractivity contribution in [1.29, 1.82) is 0 Å². The highest BCUT2D eigenvalue weighted by Crippen LogP contribution is 2.12. The summed E-state index contributed by atoms with van der Waals surface area (Å²) in [6.45, 7) is 2.94. The Morgan fingerprint density at radius 2 is 2.00 bits per heavy atom. The third-order valence-corrected chi connectivity index (χ3v) is 2.86. The Kier molecular flexibility index (Phi) is 5.19. The monoisotopic (exact) mass is 244 g/mol. The van der Waals surface area contributed by atoms with Crippen LogP contribution in [-0.4, -0.2) is 24.0 Å². The zero-order valence-corrected chi connectivity index (χ0v) is 10.0. The molecule has 90 valence electrons. The van der Waals surface area contributed by atoms with E-state index in [0.717, 1.165) is 31.6 Å². The van der Waals surface area contributed by atoms with Crippen molar-refractivity contribution in [2.24, 2.45) is 5.73 Å². The molecular weight excluding hydrogens is 227 g/mol. The summed E-state index contributed by atoms with van der Waals surface area (Å²) >= 11 is 0. The van der Waals surface area contributed by atoms with Gasteiger partial charge in [0.15, 0.2) is 0 Å². The van der Waals surface area contributed by atoms with Crippen LogP contribution in [0.1, 0.15) is 18.4 Å². The molecule has 4 heteroatoms. The van der Waals surface area contributed by atoms with Gasteiger partial charge in [-0.2, -0.15) is 0 Å². The van der Waals surface area contributed by atoms with E-state index in [2.05, 4.69) is 4.90 Å². The maximum absolute atomic E-state index is 12.7. The lowest BCUT2D eigenvalue weighted by atomic mass is 10.1. The fraction of sp³-hybridized carbons (Fsp3) is 0.500. The molecule has 16 heavy (non-hydrogen) atoms. The first-order valence-electron chi connectivity index (χ1n) is 5.46. The predicted molar refractivity (Wildman–Crippen MR) is 66.1 cm³/mol. The number of nitrogens with zero attached hydrogens (tertiary/aromatic N) is 1. The quantitative estimate of drug-likeness (QED) is 0.864. The summed E-state index contributed by atoms with van der Waals surface area (Å²) in [4.78, 5) is 2.33. The summed E-state index contributed by atoms with van der Waals surface area (Å²) in [5.41, 5.74) is 7.06. The van der Waals surface area contributed by atoms with Crippen molar-refractivity contribution < 1.29 is 4.39 Å². The molecule has 2 nitrogen and oxygen atoms in total. The summed E-state index contributed by atoms with van der Waals surface area (Å²) in [6.07, 6.45) is 2.29. The Hall–Kier alpha value is -0.640. The third-order valence-electron chi connectivity index (χ3n) is 2.86. The Morgan fingerprint density at radius 3 is 2.62 bits per heavy atom. The highest BCUT2D eigenvalue weighted by molar-refractivity contribution is 5.85. The number of benzene rings is 1. The normalized spacial score (nSPS) is 21.5.